The highest BCUT2D eigenvalue weighted by atomic mass is 16.3. The van der Waals surface area contributed by atoms with Crippen LogP contribution < -0.4 is 0 Å². The van der Waals surface area contributed by atoms with E-state index in [0.29, 0.717) is 11.8 Å². The number of fused-ring (bicyclic) bond motifs is 1. The quantitative estimate of drug-likeness (QED) is 0.808. The molecule has 1 aromatic carbocycles. The first-order valence-corrected chi connectivity index (χ1v) is 5.86. The summed E-state index contributed by atoms with van der Waals surface area (Å²) in [6.07, 6.45) is 0.774. The van der Waals surface area contributed by atoms with E-state index < -0.39 is 0 Å². The SMILES string of the molecule is Cc1nc2cc(CC(C#N)C(C)C)ccc2o1. The number of benzene rings is 1. The number of aromatic nitrogens is 1. The lowest BCUT2D eigenvalue weighted by Crippen LogP contribution is -2.09. The van der Waals surface area contributed by atoms with Gasteiger partial charge in [-0.2, -0.15) is 5.26 Å². The van der Waals surface area contributed by atoms with Crippen molar-refractivity contribution in [3.63, 3.8) is 0 Å². The molecule has 0 saturated carbocycles. The fraction of sp³-hybridized carbons (Fsp3) is 0.429. The number of hydrogen-bond acceptors (Lipinski definition) is 3. The van der Waals surface area contributed by atoms with Crippen molar-refractivity contribution < 1.29 is 4.42 Å². The Labute approximate surface area is 101 Å². The molecule has 3 heteroatoms. The predicted molar refractivity (Wildman–Crippen MR) is 66.4 cm³/mol. The number of oxazole rings is 1. The maximum atomic E-state index is 9.09. The molecular formula is C14H16N2O. The lowest BCUT2D eigenvalue weighted by molar-refractivity contribution is 0.474. The van der Waals surface area contributed by atoms with E-state index in [1.165, 1.54) is 0 Å². The smallest absolute Gasteiger partial charge is 0.192 e. The molecule has 2 rings (SSSR count). The number of aryl methyl sites for hydroxylation is 1. The van der Waals surface area contributed by atoms with Crippen LogP contribution in [0.2, 0.25) is 0 Å². The van der Waals surface area contributed by atoms with Gasteiger partial charge in [-0.1, -0.05) is 19.9 Å². The van der Waals surface area contributed by atoms with E-state index in [0.717, 1.165) is 23.1 Å². The average molecular weight is 228 g/mol. The second-order valence-corrected chi connectivity index (χ2v) is 4.72. The molecule has 1 heterocycles. The van der Waals surface area contributed by atoms with Gasteiger partial charge in [0.1, 0.15) is 5.52 Å². The maximum absolute atomic E-state index is 9.09. The standard InChI is InChI=1S/C14H16N2O/c1-9(2)12(8-15)6-11-4-5-14-13(7-11)16-10(3)17-14/h4-5,7,9,12H,6H2,1-3H3. The van der Waals surface area contributed by atoms with Crippen molar-refractivity contribution in [1.29, 1.82) is 5.26 Å². The van der Waals surface area contributed by atoms with Crippen LogP contribution in [0.4, 0.5) is 0 Å². The van der Waals surface area contributed by atoms with E-state index in [1.54, 1.807) is 0 Å². The summed E-state index contributed by atoms with van der Waals surface area (Å²) in [5, 5.41) is 9.09. The van der Waals surface area contributed by atoms with Gasteiger partial charge in [-0.3, -0.25) is 0 Å². The summed E-state index contributed by atoms with van der Waals surface area (Å²) in [6.45, 7) is 5.99. The molecule has 0 aliphatic heterocycles. The third-order valence-electron chi connectivity index (χ3n) is 2.99. The molecule has 0 radical (unpaired) electrons. The average Bonchev–Trinajstić information content (AvgIpc) is 2.64. The molecule has 0 spiro atoms. The summed E-state index contributed by atoms with van der Waals surface area (Å²) in [4.78, 5) is 4.30. The summed E-state index contributed by atoms with van der Waals surface area (Å²) in [6, 6.07) is 8.32. The molecule has 88 valence electrons. The van der Waals surface area contributed by atoms with Gasteiger partial charge in [0.05, 0.1) is 12.0 Å². The van der Waals surface area contributed by atoms with Gasteiger partial charge in [-0.15, -0.1) is 0 Å². The normalized spacial score (nSPS) is 12.9. The van der Waals surface area contributed by atoms with Gasteiger partial charge in [0, 0.05) is 6.92 Å². The second kappa shape index (κ2) is 4.58. The van der Waals surface area contributed by atoms with Crippen LogP contribution in [0.1, 0.15) is 25.3 Å². The second-order valence-electron chi connectivity index (χ2n) is 4.72. The molecule has 1 atom stereocenters. The van der Waals surface area contributed by atoms with Crippen LogP contribution in [0.3, 0.4) is 0 Å². The topological polar surface area (TPSA) is 49.8 Å². The first-order chi connectivity index (χ1) is 8.10. The molecule has 0 fully saturated rings. The number of rotatable bonds is 3. The van der Waals surface area contributed by atoms with Gasteiger partial charge in [-0.25, -0.2) is 4.98 Å². The lowest BCUT2D eigenvalue weighted by atomic mass is 9.90. The Hall–Kier alpha value is -1.82. The van der Waals surface area contributed by atoms with E-state index in [1.807, 2.05) is 25.1 Å². The molecule has 1 aromatic heterocycles. The number of nitrogens with zero attached hydrogens (tertiary/aromatic N) is 2. The summed E-state index contributed by atoms with van der Waals surface area (Å²) in [5.74, 6) is 1.10. The minimum Gasteiger partial charge on any atom is -0.441 e. The minimum atomic E-state index is 0.0560. The Morgan fingerprint density at radius 2 is 2.18 bits per heavy atom. The van der Waals surface area contributed by atoms with Gasteiger partial charge >= 0.3 is 0 Å². The van der Waals surface area contributed by atoms with Crippen molar-refractivity contribution in [2.24, 2.45) is 11.8 Å². The Morgan fingerprint density at radius 3 is 2.82 bits per heavy atom. The van der Waals surface area contributed by atoms with Crippen LogP contribution >= 0.6 is 0 Å². The number of hydrogen-bond donors (Lipinski definition) is 0. The molecule has 2 aromatic rings. The zero-order valence-corrected chi connectivity index (χ0v) is 10.4. The van der Waals surface area contributed by atoms with Crippen LogP contribution in [-0.2, 0) is 6.42 Å². The van der Waals surface area contributed by atoms with Gasteiger partial charge in [-0.05, 0) is 30.0 Å². The van der Waals surface area contributed by atoms with Crippen molar-refractivity contribution in [2.45, 2.75) is 27.2 Å². The van der Waals surface area contributed by atoms with E-state index >= 15 is 0 Å². The number of nitriles is 1. The highest BCUT2D eigenvalue weighted by Gasteiger charge is 2.13. The zero-order chi connectivity index (χ0) is 12.4. The van der Waals surface area contributed by atoms with Crippen LogP contribution in [0.25, 0.3) is 11.1 Å². The largest absolute Gasteiger partial charge is 0.441 e. The first kappa shape index (κ1) is 11.7. The van der Waals surface area contributed by atoms with E-state index in [9.17, 15) is 0 Å². The Bertz CT molecular complexity index is 563. The molecule has 0 bridgehead atoms. The molecule has 0 N–H and O–H groups in total. The zero-order valence-electron chi connectivity index (χ0n) is 10.4. The lowest BCUT2D eigenvalue weighted by Gasteiger charge is -2.12. The van der Waals surface area contributed by atoms with Crippen LogP contribution in [0.5, 0.6) is 0 Å². The maximum Gasteiger partial charge on any atom is 0.192 e. The summed E-state index contributed by atoms with van der Waals surface area (Å²) in [5.41, 5.74) is 2.83. The van der Waals surface area contributed by atoms with Crippen LogP contribution in [-0.4, -0.2) is 4.98 Å². The fourth-order valence-corrected chi connectivity index (χ4v) is 1.90. The van der Waals surface area contributed by atoms with Gasteiger partial charge in [0.25, 0.3) is 0 Å². The van der Waals surface area contributed by atoms with Gasteiger partial charge in [0.2, 0.25) is 0 Å². The Morgan fingerprint density at radius 1 is 1.41 bits per heavy atom. The van der Waals surface area contributed by atoms with Gasteiger partial charge in [0.15, 0.2) is 11.5 Å². The molecule has 0 saturated heterocycles. The van der Waals surface area contributed by atoms with Crippen molar-refractivity contribution in [3.05, 3.63) is 29.7 Å². The highest BCUT2D eigenvalue weighted by Crippen LogP contribution is 2.21. The molecule has 17 heavy (non-hydrogen) atoms. The molecule has 3 nitrogen and oxygen atoms in total. The van der Waals surface area contributed by atoms with Crippen molar-refractivity contribution >= 4 is 11.1 Å². The minimum absolute atomic E-state index is 0.0560. The Kier molecular flexibility index (Phi) is 3.14. The highest BCUT2D eigenvalue weighted by molar-refractivity contribution is 5.73. The van der Waals surface area contributed by atoms with Crippen LogP contribution in [0, 0.1) is 30.1 Å². The van der Waals surface area contributed by atoms with Crippen molar-refractivity contribution in [3.8, 4) is 6.07 Å². The van der Waals surface area contributed by atoms with Crippen LogP contribution in [0.15, 0.2) is 22.6 Å². The third kappa shape index (κ3) is 2.47. The summed E-state index contributed by atoms with van der Waals surface area (Å²) < 4.78 is 5.43. The molecule has 0 amide bonds. The molecular weight excluding hydrogens is 212 g/mol. The first-order valence-electron chi connectivity index (χ1n) is 5.86. The summed E-state index contributed by atoms with van der Waals surface area (Å²) >= 11 is 0. The van der Waals surface area contributed by atoms with E-state index in [4.69, 9.17) is 9.68 Å². The summed E-state index contributed by atoms with van der Waals surface area (Å²) in [7, 11) is 0. The van der Waals surface area contributed by atoms with E-state index in [2.05, 4.69) is 24.9 Å². The van der Waals surface area contributed by atoms with Crippen molar-refractivity contribution in [1.82, 2.24) is 4.98 Å². The fourth-order valence-electron chi connectivity index (χ4n) is 1.90. The molecule has 0 aliphatic rings. The Balaban J connectivity index is 2.27. The van der Waals surface area contributed by atoms with Gasteiger partial charge < -0.3 is 4.42 Å². The van der Waals surface area contributed by atoms with Crippen molar-refractivity contribution in [2.75, 3.05) is 0 Å². The van der Waals surface area contributed by atoms with E-state index in [-0.39, 0.29) is 5.92 Å². The molecule has 0 aliphatic carbocycles. The monoisotopic (exact) mass is 228 g/mol. The third-order valence-corrected chi connectivity index (χ3v) is 2.99. The molecule has 1 unspecified atom stereocenters. The predicted octanol–water partition coefficient (Wildman–Crippen LogP) is 3.47.